The Labute approximate surface area is 94.6 Å². The zero-order valence-corrected chi connectivity index (χ0v) is 9.67. The van der Waals surface area contributed by atoms with Crippen LogP contribution < -0.4 is 5.73 Å². The maximum atomic E-state index is 8.40. The molecule has 90 valence electrons. The molecule has 7 nitrogen and oxygen atoms in total. The third-order valence-corrected chi connectivity index (χ3v) is 2.28. The minimum Gasteiger partial charge on any atom is -0.409 e. The molecule has 0 radical (unpaired) electrons. The van der Waals surface area contributed by atoms with Crippen molar-refractivity contribution in [2.45, 2.75) is 26.4 Å². The summed E-state index contributed by atoms with van der Waals surface area (Å²) in [6, 6.07) is 0. The van der Waals surface area contributed by atoms with Gasteiger partial charge in [0.2, 0.25) is 0 Å². The topological polar surface area (TPSA) is 92.6 Å². The van der Waals surface area contributed by atoms with Crippen molar-refractivity contribution in [1.29, 1.82) is 0 Å². The second kappa shape index (κ2) is 6.06. The molecule has 0 unspecified atom stereocenters. The number of aromatic nitrogens is 3. The van der Waals surface area contributed by atoms with Crippen LogP contribution in [0, 0.1) is 0 Å². The van der Waals surface area contributed by atoms with Crippen molar-refractivity contribution >= 4 is 5.84 Å². The summed E-state index contributed by atoms with van der Waals surface area (Å²) >= 11 is 0. The molecule has 0 aliphatic rings. The van der Waals surface area contributed by atoms with Crippen molar-refractivity contribution < 1.29 is 5.21 Å². The number of hydrogen-bond acceptors (Lipinski definition) is 5. The third-order valence-electron chi connectivity index (χ3n) is 2.28. The molecule has 0 bridgehead atoms. The van der Waals surface area contributed by atoms with Crippen molar-refractivity contribution in [3.05, 3.63) is 12.2 Å². The maximum absolute atomic E-state index is 8.40. The molecule has 0 atom stereocenters. The van der Waals surface area contributed by atoms with E-state index in [1.54, 1.807) is 6.33 Å². The van der Waals surface area contributed by atoms with Gasteiger partial charge in [0.05, 0.1) is 6.54 Å². The van der Waals surface area contributed by atoms with E-state index in [1.165, 1.54) is 0 Å². The summed E-state index contributed by atoms with van der Waals surface area (Å²) in [5, 5.41) is 15.4. The van der Waals surface area contributed by atoms with E-state index in [-0.39, 0.29) is 5.84 Å². The monoisotopic (exact) mass is 226 g/mol. The summed E-state index contributed by atoms with van der Waals surface area (Å²) in [5.74, 6) is 1.16. The lowest BCUT2D eigenvalue weighted by Gasteiger charge is -2.15. The fourth-order valence-corrected chi connectivity index (χ4v) is 1.35. The normalized spacial score (nSPS) is 12.3. The average molecular weight is 226 g/mol. The first-order valence-corrected chi connectivity index (χ1v) is 5.19. The molecular formula is C9H18N6O. The summed E-state index contributed by atoms with van der Waals surface area (Å²) in [6.45, 7) is 4.25. The van der Waals surface area contributed by atoms with Gasteiger partial charge in [0.1, 0.15) is 18.0 Å². The highest BCUT2D eigenvalue weighted by molar-refractivity contribution is 5.79. The number of aryl methyl sites for hydroxylation is 1. The van der Waals surface area contributed by atoms with E-state index in [1.807, 2.05) is 23.6 Å². The Morgan fingerprint density at radius 1 is 1.69 bits per heavy atom. The molecule has 0 saturated heterocycles. The van der Waals surface area contributed by atoms with Crippen LogP contribution in [0.5, 0.6) is 0 Å². The van der Waals surface area contributed by atoms with Gasteiger partial charge in [0.15, 0.2) is 0 Å². The van der Waals surface area contributed by atoms with Crippen molar-refractivity contribution in [2.75, 3.05) is 13.6 Å². The molecule has 0 saturated carbocycles. The van der Waals surface area contributed by atoms with Gasteiger partial charge < -0.3 is 10.9 Å². The van der Waals surface area contributed by atoms with Crippen LogP contribution in [0.25, 0.3) is 0 Å². The molecule has 0 amide bonds. The number of amidine groups is 1. The Hall–Kier alpha value is -1.63. The van der Waals surface area contributed by atoms with Crippen LogP contribution in [0.4, 0.5) is 0 Å². The summed E-state index contributed by atoms with van der Waals surface area (Å²) in [7, 11) is 1.96. The summed E-state index contributed by atoms with van der Waals surface area (Å²) < 4.78 is 1.85. The largest absolute Gasteiger partial charge is 0.409 e. The third kappa shape index (κ3) is 3.50. The highest BCUT2D eigenvalue weighted by Gasteiger charge is 2.07. The minimum absolute atomic E-state index is 0.240. The van der Waals surface area contributed by atoms with E-state index >= 15 is 0 Å². The average Bonchev–Trinajstić information content (AvgIpc) is 2.73. The first-order valence-electron chi connectivity index (χ1n) is 5.19. The van der Waals surface area contributed by atoms with Gasteiger partial charge in [0.25, 0.3) is 0 Å². The van der Waals surface area contributed by atoms with Gasteiger partial charge in [-0.25, -0.2) is 9.67 Å². The first-order chi connectivity index (χ1) is 7.67. The molecule has 0 aliphatic heterocycles. The zero-order chi connectivity index (χ0) is 12.0. The van der Waals surface area contributed by atoms with Crippen LogP contribution in [-0.4, -0.2) is 44.3 Å². The lowest BCUT2D eigenvalue weighted by atomic mass is 10.3. The zero-order valence-electron chi connectivity index (χ0n) is 9.67. The van der Waals surface area contributed by atoms with Crippen LogP contribution in [0.1, 0.15) is 19.2 Å². The smallest absolute Gasteiger partial charge is 0.140 e. The van der Waals surface area contributed by atoms with E-state index < -0.39 is 0 Å². The quantitative estimate of drug-likeness (QED) is 0.305. The number of oxime groups is 1. The Morgan fingerprint density at radius 3 is 3.06 bits per heavy atom. The number of nitrogens with zero attached hydrogens (tertiary/aromatic N) is 5. The van der Waals surface area contributed by atoms with Gasteiger partial charge in [-0.2, -0.15) is 5.10 Å². The molecule has 7 heteroatoms. The molecule has 0 aliphatic carbocycles. The Bertz CT molecular complexity index is 348. The van der Waals surface area contributed by atoms with Gasteiger partial charge >= 0.3 is 0 Å². The highest BCUT2D eigenvalue weighted by Crippen LogP contribution is 1.99. The Morgan fingerprint density at radius 2 is 2.44 bits per heavy atom. The van der Waals surface area contributed by atoms with Gasteiger partial charge in [-0.3, -0.25) is 4.90 Å². The highest BCUT2D eigenvalue weighted by atomic mass is 16.4. The first kappa shape index (κ1) is 12.4. The van der Waals surface area contributed by atoms with Crippen LogP contribution in [0.15, 0.2) is 11.5 Å². The second-order valence-corrected chi connectivity index (χ2v) is 3.57. The molecule has 1 aromatic heterocycles. The fraction of sp³-hybridized carbons (Fsp3) is 0.667. The van der Waals surface area contributed by atoms with Crippen LogP contribution in [-0.2, 0) is 13.1 Å². The molecule has 0 spiro atoms. The Kier molecular flexibility index (Phi) is 4.71. The van der Waals surface area contributed by atoms with Crippen molar-refractivity contribution in [2.24, 2.45) is 10.9 Å². The SMILES string of the molecule is CCn1ncnc1CN(C)CCC(N)=NO. The molecule has 0 aromatic carbocycles. The van der Waals surface area contributed by atoms with Crippen LogP contribution in [0.2, 0.25) is 0 Å². The maximum Gasteiger partial charge on any atom is 0.140 e. The lowest BCUT2D eigenvalue weighted by molar-refractivity contribution is 0.304. The molecule has 1 aromatic rings. The van der Waals surface area contributed by atoms with E-state index in [0.29, 0.717) is 19.5 Å². The van der Waals surface area contributed by atoms with Gasteiger partial charge in [-0.1, -0.05) is 5.16 Å². The summed E-state index contributed by atoms with van der Waals surface area (Å²) in [6.07, 6.45) is 2.09. The molecule has 16 heavy (non-hydrogen) atoms. The Balaban J connectivity index is 2.42. The number of hydrogen-bond donors (Lipinski definition) is 2. The number of nitrogens with two attached hydrogens (primary N) is 1. The summed E-state index contributed by atoms with van der Waals surface area (Å²) in [4.78, 5) is 6.22. The molecule has 1 heterocycles. The van der Waals surface area contributed by atoms with Crippen molar-refractivity contribution in [1.82, 2.24) is 19.7 Å². The predicted octanol–water partition coefficient (Wildman–Crippen LogP) is -0.134. The van der Waals surface area contributed by atoms with Gasteiger partial charge in [0, 0.05) is 19.5 Å². The van der Waals surface area contributed by atoms with Crippen molar-refractivity contribution in [3.8, 4) is 0 Å². The predicted molar refractivity (Wildman–Crippen MR) is 60.1 cm³/mol. The van der Waals surface area contributed by atoms with E-state index in [2.05, 4.69) is 15.2 Å². The molecule has 3 N–H and O–H groups in total. The molecular weight excluding hydrogens is 208 g/mol. The second-order valence-electron chi connectivity index (χ2n) is 3.57. The standard InChI is InChI=1S/C9H18N6O/c1-3-15-9(11-7-12-15)6-14(2)5-4-8(10)13-16/h7,16H,3-6H2,1-2H3,(H2,10,13). The summed E-state index contributed by atoms with van der Waals surface area (Å²) in [5.41, 5.74) is 5.39. The van der Waals surface area contributed by atoms with Crippen LogP contribution in [0.3, 0.4) is 0 Å². The molecule has 0 fully saturated rings. The van der Waals surface area contributed by atoms with E-state index in [4.69, 9.17) is 10.9 Å². The minimum atomic E-state index is 0.240. The fourth-order valence-electron chi connectivity index (χ4n) is 1.35. The lowest BCUT2D eigenvalue weighted by Crippen LogP contribution is -2.26. The number of rotatable bonds is 6. The van der Waals surface area contributed by atoms with E-state index in [0.717, 1.165) is 12.4 Å². The van der Waals surface area contributed by atoms with Crippen molar-refractivity contribution in [3.63, 3.8) is 0 Å². The van der Waals surface area contributed by atoms with Gasteiger partial charge in [-0.15, -0.1) is 0 Å². The van der Waals surface area contributed by atoms with Gasteiger partial charge in [-0.05, 0) is 14.0 Å². The van der Waals surface area contributed by atoms with Crippen LogP contribution >= 0.6 is 0 Å². The van der Waals surface area contributed by atoms with E-state index in [9.17, 15) is 0 Å². The molecule has 1 rings (SSSR count).